The predicted molar refractivity (Wildman–Crippen MR) is 115 cm³/mol. The van der Waals surface area contributed by atoms with Crippen molar-refractivity contribution in [2.45, 2.75) is 6.42 Å². The zero-order valence-electron chi connectivity index (χ0n) is 15.9. The van der Waals surface area contributed by atoms with Crippen LogP contribution in [0.2, 0.25) is 0 Å². The number of hydrogen-bond donors (Lipinski definition) is 5. The van der Waals surface area contributed by atoms with Crippen LogP contribution in [0.25, 0.3) is 0 Å². The Morgan fingerprint density at radius 1 is 0.633 bits per heavy atom. The molecule has 0 unspecified atom stereocenters. The summed E-state index contributed by atoms with van der Waals surface area (Å²) in [6, 6.07) is 18.7. The van der Waals surface area contributed by atoms with E-state index in [1.165, 1.54) is 0 Å². The lowest BCUT2D eigenvalue weighted by molar-refractivity contribution is -0.126. The van der Waals surface area contributed by atoms with Crippen molar-refractivity contribution in [2.75, 3.05) is 21.4 Å². The normalized spacial score (nSPS) is 9.87. The fourth-order valence-electron chi connectivity index (χ4n) is 2.42. The molecule has 152 valence electrons. The van der Waals surface area contributed by atoms with E-state index >= 15 is 0 Å². The SMILES string of the molecule is O=C(CC(=O)Nc1ccncc1)NNc1ccc(NC(=O)Nc2ccccc2)cc1. The summed E-state index contributed by atoms with van der Waals surface area (Å²) in [4.78, 5) is 39.6. The molecule has 0 aliphatic rings. The van der Waals surface area contributed by atoms with E-state index in [2.05, 4.69) is 31.8 Å². The number of hydrogen-bond acceptors (Lipinski definition) is 5. The van der Waals surface area contributed by atoms with Crippen molar-refractivity contribution in [1.29, 1.82) is 0 Å². The Morgan fingerprint density at radius 3 is 1.87 bits per heavy atom. The van der Waals surface area contributed by atoms with E-state index < -0.39 is 11.8 Å². The van der Waals surface area contributed by atoms with Gasteiger partial charge in [-0.25, -0.2) is 4.79 Å². The Morgan fingerprint density at radius 2 is 1.20 bits per heavy atom. The Bertz CT molecular complexity index is 994. The van der Waals surface area contributed by atoms with E-state index in [1.807, 2.05) is 18.2 Å². The number of anilines is 4. The molecular weight excluding hydrogens is 384 g/mol. The molecule has 0 saturated carbocycles. The number of carbonyl (C=O) groups excluding carboxylic acids is 3. The average Bonchev–Trinajstić information content (AvgIpc) is 2.74. The van der Waals surface area contributed by atoms with Crippen LogP contribution in [0.1, 0.15) is 6.42 Å². The van der Waals surface area contributed by atoms with E-state index in [4.69, 9.17) is 0 Å². The lowest BCUT2D eigenvalue weighted by Gasteiger charge is -2.11. The van der Waals surface area contributed by atoms with Crippen LogP contribution in [0.4, 0.5) is 27.5 Å². The Labute approximate surface area is 172 Å². The number of pyridine rings is 1. The minimum absolute atomic E-state index is 0.339. The summed E-state index contributed by atoms with van der Waals surface area (Å²) in [7, 11) is 0. The van der Waals surface area contributed by atoms with Gasteiger partial charge in [-0.2, -0.15) is 0 Å². The molecular formula is C21H20N6O3. The van der Waals surface area contributed by atoms with Crippen molar-refractivity contribution in [3.63, 3.8) is 0 Å². The predicted octanol–water partition coefficient (Wildman–Crippen LogP) is 3.20. The summed E-state index contributed by atoms with van der Waals surface area (Å²) in [5, 5.41) is 8.03. The number of aromatic nitrogens is 1. The fourth-order valence-corrected chi connectivity index (χ4v) is 2.42. The van der Waals surface area contributed by atoms with Crippen LogP contribution >= 0.6 is 0 Å². The summed E-state index contributed by atoms with van der Waals surface area (Å²) in [6.07, 6.45) is 2.75. The number of hydrazine groups is 1. The molecule has 0 bridgehead atoms. The lowest BCUT2D eigenvalue weighted by Crippen LogP contribution is -2.32. The second-order valence-electron chi connectivity index (χ2n) is 6.16. The minimum atomic E-state index is -0.494. The molecule has 0 saturated heterocycles. The molecule has 3 rings (SSSR count). The summed E-state index contributed by atoms with van der Waals surface area (Å²) >= 11 is 0. The quantitative estimate of drug-likeness (QED) is 0.306. The van der Waals surface area contributed by atoms with Crippen LogP contribution in [0.3, 0.4) is 0 Å². The van der Waals surface area contributed by atoms with Crippen molar-refractivity contribution in [2.24, 2.45) is 0 Å². The number of benzene rings is 2. The third-order valence-corrected chi connectivity index (χ3v) is 3.81. The zero-order valence-corrected chi connectivity index (χ0v) is 15.9. The molecule has 3 aromatic rings. The number of para-hydroxylation sites is 1. The van der Waals surface area contributed by atoms with E-state index in [1.54, 1.807) is 60.9 Å². The van der Waals surface area contributed by atoms with Gasteiger partial charge in [-0.05, 0) is 48.5 Å². The van der Waals surface area contributed by atoms with Crippen molar-refractivity contribution in [3.05, 3.63) is 79.1 Å². The highest BCUT2D eigenvalue weighted by atomic mass is 16.2. The monoisotopic (exact) mass is 404 g/mol. The van der Waals surface area contributed by atoms with Crippen LogP contribution in [0.15, 0.2) is 79.1 Å². The molecule has 1 aromatic heterocycles. The Balaban J connectivity index is 1.41. The number of amides is 4. The first kappa shape index (κ1) is 20.3. The Kier molecular flexibility index (Phi) is 6.93. The van der Waals surface area contributed by atoms with E-state index in [-0.39, 0.29) is 12.5 Å². The molecule has 0 spiro atoms. The molecule has 0 aliphatic heterocycles. The van der Waals surface area contributed by atoms with Gasteiger partial charge < -0.3 is 16.0 Å². The summed E-state index contributed by atoms with van der Waals surface area (Å²) in [6.45, 7) is 0. The zero-order chi connectivity index (χ0) is 21.2. The molecule has 5 N–H and O–H groups in total. The van der Waals surface area contributed by atoms with Gasteiger partial charge in [0.05, 0.1) is 5.69 Å². The van der Waals surface area contributed by atoms with Gasteiger partial charge in [-0.1, -0.05) is 18.2 Å². The highest BCUT2D eigenvalue weighted by Crippen LogP contribution is 2.14. The summed E-state index contributed by atoms with van der Waals surface area (Å²) < 4.78 is 0. The maximum atomic E-state index is 12.0. The van der Waals surface area contributed by atoms with E-state index in [9.17, 15) is 14.4 Å². The first-order valence-electron chi connectivity index (χ1n) is 9.06. The van der Waals surface area contributed by atoms with Crippen LogP contribution in [0.5, 0.6) is 0 Å². The number of rotatable bonds is 7. The largest absolute Gasteiger partial charge is 0.326 e. The molecule has 0 aliphatic carbocycles. The van der Waals surface area contributed by atoms with Gasteiger partial charge in [0.25, 0.3) is 0 Å². The highest BCUT2D eigenvalue weighted by Gasteiger charge is 2.09. The van der Waals surface area contributed by atoms with E-state index in [0.29, 0.717) is 22.7 Å². The molecule has 4 amide bonds. The third-order valence-electron chi connectivity index (χ3n) is 3.81. The third kappa shape index (κ3) is 6.64. The summed E-state index contributed by atoms with van der Waals surface area (Å²) in [5.41, 5.74) is 7.58. The standard InChI is InChI=1S/C21H20N6O3/c28-19(23-17-10-12-22-13-11-17)14-20(29)27-26-18-8-6-16(7-9-18)25-21(30)24-15-4-2-1-3-5-15/h1-13,26H,14H2,(H,27,29)(H,22,23,28)(H2,24,25,30). The van der Waals surface area contributed by atoms with Crippen molar-refractivity contribution in [3.8, 4) is 0 Å². The minimum Gasteiger partial charge on any atom is -0.326 e. The number of nitrogens with one attached hydrogen (secondary N) is 5. The topological polar surface area (TPSA) is 124 Å². The molecule has 0 radical (unpaired) electrons. The molecule has 1 heterocycles. The van der Waals surface area contributed by atoms with Gasteiger partial charge in [0.2, 0.25) is 11.8 Å². The van der Waals surface area contributed by atoms with Gasteiger partial charge in [0.15, 0.2) is 0 Å². The first-order valence-corrected chi connectivity index (χ1v) is 9.06. The van der Waals surface area contributed by atoms with Crippen LogP contribution in [0, 0.1) is 0 Å². The number of carbonyl (C=O) groups is 3. The molecule has 0 fully saturated rings. The second kappa shape index (κ2) is 10.2. The smallest absolute Gasteiger partial charge is 0.323 e. The van der Waals surface area contributed by atoms with Crippen molar-refractivity contribution >= 4 is 40.6 Å². The molecule has 0 atom stereocenters. The maximum absolute atomic E-state index is 12.0. The van der Waals surface area contributed by atoms with Gasteiger partial charge in [-0.15, -0.1) is 0 Å². The molecule has 9 heteroatoms. The van der Waals surface area contributed by atoms with Gasteiger partial charge in [-0.3, -0.25) is 25.4 Å². The molecule has 9 nitrogen and oxygen atoms in total. The van der Waals surface area contributed by atoms with Crippen LogP contribution < -0.4 is 26.8 Å². The lowest BCUT2D eigenvalue weighted by atomic mass is 10.3. The van der Waals surface area contributed by atoms with Crippen LogP contribution in [-0.2, 0) is 9.59 Å². The summed E-state index contributed by atoms with van der Waals surface area (Å²) in [5.74, 6) is -0.935. The van der Waals surface area contributed by atoms with Crippen molar-refractivity contribution < 1.29 is 14.4 Å². The number of nitrogens with zero attached hydrogens (tertiary/aromatic N) is 1. The van der Waals surface area contributed by atoms with E-state index in [0.717, 1.165) is 0 Å². The van der Waals surface area contributed by atoms with Gasteiger partial charge in [0.1, 0.15) is 6.42 Å². The first-order chi connectivity index (χ1) is 14.6. The fraction of sp³-hybridized carbons (Fsp3) is 0.0476. The van der Waals surface area contributed by atoms with Gasteiger partial charge >= 0.3 is 6.03 Å². The highest BCUT2D eigenvalue weighted by molar-refractivity contribution is 6.03. The average molecular weight is 404 g/mol. The number of urea groups is 1. The Hall–Kier alpha value is -4.40. The second-order valence-corrected chi connectivity index (χ2v) is 6.16. The molecule has 30 heavy (non-hydrogen) atoms. The van der Waals surface area contributed by atoms with Crippen molar-refractivity contribution in [1.82, 2.24) is 10.4 Å². The van der Waals surface area contributed by atoms with Gasteiger partial charge in [0, 0.05) is 29.5 Å². The maximum Gasteiger partial charge on any atom is 0.323 e. The molecule has 2 aromatic carbocycles. The van der Waals surface area contributed by atoms with Crippen LogP contribution in [-0.4, -0.2) is 22.8 Å².